The third-order valence-electron chi connectivity index (χ3n) is 3.08. The van der Waals surface area contributed by atoms with Gasteiger partial charge < -0.3 is 14.7 Å². The van der Waals surface area contributed by atoms with E-state index in [9.17, 15) is 18.3 Å². The van der Waals surface area contributed by atoms with E-state index in [0.717, 1.165) is 0 Å². The molecule has 1 heterocycles. The molecule has 1 N–H and O–H groups in total. The third-order valence-corrected chi connectivity index (χ3v) is 3.08. The molecule has 0 amide bonds. The van der Waals surface area contributed by atoms with Gasteiger partial charge in [-0.3, -0.25) is 4.98 Å². The first-order valence-corrected chi connectivity index (χ1v) is 6.93. The molecule has 0 aliphatic heterocycles. The summed E-state index contributed by atoms with van der Waals surface area (Å²) < 4.78 is 40.3. The standard InChI is InChI=1S/C16H15F3N2O3/c1-23-21-14(9-15(22)12-3-2-8-20-10-12)11-4-6-13(7-5-11)24-16(17,18)19/h2-8,10,15,22H,9H2,1H3. The van der Waals surface area contributed by atoms with Gasteiger partial charge in [-0.15, -0.1) is 13.2 Å². The number of rotatable bonds is 6. The van der Waals surface area contributed by atoms with Crippen LogP contribution in [0.4, 0.5) is 13.2 Å². The average molecular weight is 340 g/mol. The molecule has 1 unspecified atom stereocenters. The minimum absolute atomic E-state index is 0.110. The molecule has 2 rings (SSSR count). The van der Waals surface area contributed by atoms with Crippen molar-refractivity contribution in [1.82, 2.24) is 4.98 Å². The van der Waals surface area contributed by atoms with Crippen molar-refractivity contribution >= 4 is 5.71 Å². The molecule has 5 nitrogen and oxygen atoms in total. The lowest BCUT2D eigenvalue weighted by Crippen LogP contribution is -2.17. The van der Waals surface area contributed by atoms with Crippen LogP contribution in [0, 0.1) is 0 Å². The smallest absolute Gasteiger partial charge is 0.406 e. The molecule has 2 aromatic rings. The zero-order valence-electron chi connectivity index (χ0n) is 12.7. The number of ether oxygens (including phenoxy) is 1. The van der Waals surface area contributed by atoms with Crippen LogP contribution in [0.5, 0.6) is 5.75 Å². The van der Waals surface area contributed by atoms with Crippen LogP contribution in [0.25, 0.3) is 0 Å². The molecular formula is C16H15F3N2O3. The fourth-order valence-corrected chi connectivity index (χ4v) is 2.04. The SMILES string of the molecule is CON=C(CC(O)c1cccnc1)c1ccc(OC(F)(F)F)cc1. The van der Waals surface area contributed by atoms with Crippen molar-refractivity contribution in [3.63, 3.8) is 0 Å². The first-order chi connectivity index (χ1) is 11.4. The number of aliphatic hydroxyl groups is 1. The zero-order chi connectivity index (χ0) is 17.6. The first kappa shape index (κ1) is 17.7. The van der Waals surface area contributed by atoms with Gasteiger partial charge in [-0.25, -0.2) is 0 Å². The lowest BCUT2D eigenvalue weighted by atomic mass is 10.0. The Kier molecular flexibility index (Phi) is 5.75. The molecule has 0 fully saturated rings. The van der Waals surface area contributed by atoms with Crippen LogP contribution < -0.4 is 4.74 Å². The van der Waals surface area contributed by atoms with Crippen LogP contribution in [-0.2, 0) is 4.84 Å². The minimum Gasteiger partial charge on any atom is -0.406 e. The molecule has 1 aromatic heterocycles. The summed E-state index contributed by atoms with van der Waals surface area (Å²) in [5.41, 5.74) is 1.49. The molecule has 128 valence electrons. The van der Waals surface area contributed by atoms with E-state index < -0.39 is 12.5 Å². The summed E-state index contributed by atoms with van der Waals surface area (Å²) in [5.74, 6) is -0.337. The van der Waals surface area contributed by atoms with Gasteiger partial charge in [0, 0.05) is 18.8 Å². The monoisotopic (exact) mass is 340 g/mol. The van der Waals surface area contributed by atoms with Crippen LogP contribution in [0.3, 0.4) is 0 Å². The number of alkyl halides is 3. The highest BCUT2D eigenvalue weighted by atomic mass is 19.4. The van der Waals surface area contributed by atoms with Gasteiger partial charge in [-0.1, -0.05) is 11.2 Å². The molecular weight excluding hydrogens is 325 g/mol. The van der Waals surface area contributed by atoms with E-state index in [1.165, 1.54) is 37.6 Å². The fourth-order valence-electron chi connectivity index (χ4n) is 2.04. The number of pyridine rings is 1. The van der Waals surface area contributed by atoms with Gasteiger partial charge in [0.25, 0.3) is 0 Å². The Morgan fingerprint density at radius 1 is 1.25 bits per heavy atom. The second-order valence-corrected chi connectivity index (χ2v) is 4.80. The van der Waals surface area contributed by atoms with Crippen molar-refractivity contribution < 1.29 is 27.9 Å². The van der Waals surface area contributed by atoms with E-state index in [0.29, 0.717) is 16.8 Å². The maximum absolute atomic E-state index is 12.2. The summed E-state index contributed by atoms with van der Waals surface area (Å²) in [6.07, 6.45) is -2.41. The maximum Gasteiger partial charge on any atom is 0.573 e. The number of aliphatic hydroxyl groups excluding tert-OH is 1. The molecule has 0 aliphatic carbocycles. The lowest BCUT2D eigenvalue weighted by molar-refractivity contribution is -0.274. The summed E-state index contributed by atoms with van der Waals surface area (Å²) in [5, 5.41) is 14.1. The van der Waals surface area contributed by atoms with E-state index in [1.54, 1.807) is 18.3 Å². The predicted molar refractivity (Wildman–Crippen MR) is 80.5 cm³/mol. The molecule has 0 bridgehead atoms. The molecule has 0 spiro atoms. The Labute approximate surface area is 136 Å². The van der Waals surface area contributed by atoms with Crippen molar-refractivity contribution in [3.05, 3.63) is 59.9 Å². The Morgan fingerprint density at radius 3 is 2.50 bits per heavy atom. The van der Waals surface area contributed by atoms with Crippen molar-refractivity contribution in [2.75, 3.05) is 7.11 Å². The minimum atomic E-state index is -4.75. The number of oxime groups is 1. The zero-order valence-corrected chi connectivity index (χ0v) is 12.7. The number of hydrogen-bond donors (Lipinski definition) is 1. The number of halogens is 3. The number of hydrogen-bond acceptors (Lipinski definition) is 5. The van der Waals surface area contributed by atoms with Gasteiger partial charge >= 0.3 is 6.36 Å². The van der Waals surface area contributed by atoms with Crippen molar-refractivity contribution in [1.29, 1.82) is 0 Å². The summed E-state index contributed by atoms with van der Waals surface area (Å²) >= 11 is 0. The molecule has 8 heteroatoms. The van der Waals surface area contributed by atoms with Gasteiger partial charge in [-0.2, -0.15) is 0 Å². The second-order valence-electron chi connectivity index (χ2n) is 4.80. The van der Waals surface area contributed by atoms with Gasteiger partial charge in [0.05, 0.1) is 11.8 Å². The normalized spacial score (nSPS) is 13.5. The Balaban J connectivity index is 2.14. The largest absolute Gasteiger partial charge is 0.573 e. The van der Waals surface area contributed by atoms with E-state index in [2.05, 4.69) is 14.9 Å². The first-order valence-electron chi connectivity index (χ1n) is 6.93. The van der Waals surface area contributed by atoms with Gasteiger partial charge in [0.2, 0.25) is 0 Å². The van der Waals surface area contributed by atoms with Crippen LogP contribution in [0.2, 0.25) is 0 Å². The molecule has 0 saturated heterocycles. The number of benzene rings is 1. The van der Waals surface area contributed by atoms with Crippen LogP contribution in [-0.4, -0.2) is 29.3 Å². The molecule has 0 aliphatic rings. The highest BCUT2D eigenvalue weighted by Gasteiger charge is 2.31. The number of nitrogens with zero attached hydrogens (tertiary/aromatic N) is 2. The highest BCUT2D eigenvalue weighted by molar-refractivity contribution is 6.00. The van der Waals surface area contributed by atoms with Gasteiger partial charge in [-0.05, 0) is 41.5 Å². The summed E-state index contributed by atoms with van der Waals surface area (Å²) in [6.45, 7) is 0. The van der Waals surface area contributed by atoms with Crippen molar-refractivity contribution in [2.24, 2.45) is 5.16 Å². The summed E-state index contributed by atoms with van der Waals surface area (Å²) in [6, 6.07) is 8.57. The Hall–Kier alpha value is -2.61. The molecule has 0 radical (unpaired) electrons. The topological polar surface area (TPSA) is 63.9 Å². The fraction of sp³-hybridized carbons (Fsp3) is 0.250. The third kappa shape index (κ3) is 5.24. The Bertz CT molecular complexity index is 673. The molecule has 0 saturated carbocycles. The van der Waals surface area contributed by atoms with Crippen molar-refractivity contribution in [2.45, 2.75) is 18.9 Å². The van der Waals surface area contributed by atoms with E-state index >= 15 is 0 Å². The van der Waals surface area contributed by atoms with Gasteiger partial charge in [0.1, 0.15) is 12.9 Å². The van der Waals surface area contributed by atoms with E-state index in [1.807, 2.05) is 0 Å². The predicted octanol–water partition coefficient (Wildman–Crippen LogP) is 3.45. The van der Waals surface area contributed by atoms with E-state index in [-0.39, 0.29) is 12.2 Å². The molecule has 1 aromatic carbocycles. The summed E-state index contributed by atoms with van der Waals surface area (Å²) in [7, 11) is 1.34. The second kappa shape index (κ2) is 7.78. The number of aromatic nitrogens is 1. The lowest BCUT2D eigenvalue weighted by Gasteiger charge is -2.13. The van der Waals surface area contributed by atoms with Crippen molar-refractivity contribution in [3.8, 4) is 5.75 Å². The van der Waals surface area contributed by atoms with Crippen LogP contribution in [0.15, 0.2) is 53.9 Å². The maximum atomic E-state index is 12.2. The molecule has 24 heavy (non-hydrogen) atoms. The van der Waals surface area contributed by atoms with Crippen LogP contribution >= 0.6 is 0 Å². The van der Waals surface area contributed by atoms with Crippen LogP contribution in [0.1, 0.15) is 23.7 Å². The molecule has 1 atom stereocenters. The van der Waals surface area contributed by atoms with E-state index in [4.69, 9.17) is 4.84 Å². The van der Waals surface area contributed by atoms with Gasteiger partial charge in [0.15, 0.2) is 0 Å². The highest BCUT2D eigenvalue weighted by Crippen LogP contribution is 2.24. The Morgan fingerprint density at radius 2 is 1.96 bits per heavy atom. The quantitative estimate of drug-likeness (QED) is 0.646. The average Bonchev–Trinajstić information content (AvgIpc) is 2.54. The summed E-state index contributed by atoms with van der Waals surface area (Å²) in [4.78, 5) is 8.68.